The summed E-state index contributed by atoms with van der Waals surface area (Å²) in [4.78, 5) is 9.06. The monoisotopic (exact) mass is 293 g/mol. The first kappa shape index (κ1) is 14.3. The van der Waals surface area contributed by atoms with Crippen LogP contribution in [0, 0.1) is 27.7 Å². The van der Waals surface area contributed by atoms with E-state index in [0.717, 1.165) is 28.6 Å². The van der Waals surface area contributed by atoms with Gasteiger partial charge in [-0.05, 0) is 45.9 Å². The number of aromatic nitrogens is 4. The van der Waals surface area contributed by atoms with Crippen LogP contribution >= 0.6 is 0 Å². The highest BCUT2D eigenvalue weighted by Crippen LogP contribution is 2.17. The Kier molecular flexibility index (Phi) is 3.63. The van der Waals surface area contributed by atoms with E-state index < -0.39 is 0 Å². The number of anilines is 2. The first-order valence-corrected chi connectivity index (χ1v) is 7.24. The maximum absolute atomic E-state index is 4.57. The second-order valence-corrected chi connectivity index (χ2v) is 5.52. The van der Waals surface area contributed by atoms with Gasteiger partial charge in [0.1, 0.15) is 5.82 Å². The molecular weight excluding hydrogens is 274 g/mol. The third-order valence-corrected chi connectivity index (χ3v) is 3.37. The van der Waals surface area contributed by atoms with Crippen molar-refractivity contribution in [3.63, 3.8) is 0 Å². The van der Waals surface area contributed by atoms with Crippen LogP contribution in [0.5, 0.6) is 0 Å². The largest absolute Gasteiger partial charge is 0.340 e. The molecule has 0 saturated heterocycles. The predicted molar refractivity (Wildman–Crippen MR) is 87.8 cm³/mol. The molecule has 2 aromatic heterocycles. The Bertz CT molecular complexity index is 802. The number of hydrogen-bond donors (Lipinski definition) is 1. The average Bonchev–Trinajstić information content (AvgIpc) is 2.80. The van der Waals surface area contributed by atoms with E-state index in [9.17, 15) is 0 Å². The summed E-state index contributed by atoms with van der Waals surface area (Å²) in [5.41, 5.74) is 5.10. The molecule has 0 amide bonds. The van der Waals surface area contributed by atoms with Gasteiger partial charge in [-0.1, -0.05) is 17.7 Å². The number of nitrogens with zero attached hydrogens (tertiary/aromatic N) is 4. The van der Waals surface area contributed by atoms with Gasteiger partial charge in [-0.15, -0.1) is 0 Å². The van der Waals surface area contributed by atoms with Crippen molar-refractivity contribution < 1.29 is 0 Å². The summed E-state index contributed by atoms with van der Waals surface area (Å²) in [6.07, 6.45) is 0. The number of nitrogens with one attached hydrogen (secondary N) is 1. The molecule has 0 saturated carbocycles. The van der Waals surface area contributed by atoms with Gasteiger partial charge in [0.25, 0.3) is 5.95 Å². The molecule has 1 aromatic carbocycles. The van der Waals surface area contributed by atoms with Crippen LogP contribution in [-0.4, -0.2) is 19.7 Å². The van der Waals surface area contributed by atoms with Crippen LogP contribution in [-0.2, 0) is 0 Å². The van der Waals surface area contributed by atoms with Crippen LogP contribution in [0.15, 0.2) is 36.4 Å². The third kappa shape index (κ3) is 2.98. The smallest absolute Gasteiger partial charge is 0.252 e. The van der Waals surface area contributed by atoms with Gasteiger partial charge in [-0.2, -0.15) is 10.1 Å². The minimum atomic E-state index is 0.584. The van der Waals surface area contributed by atoms with E-state index in [1.807, 2.05) is 45.0 Å². The maximum atomic E-state index is 4.57. The van der Waals surface area contributed by atoms with Gasteiger partial charge >= 0.3 is 0 Å². The van der Waals surface area contributed by atoms with Crippen molar-refractivity contribution >= 4 is 11.5 Å². The lowest BCUT2D eigenvalue weighted by atomic mass is 10.2. The van der Waals surface area contributed by atoms with Crippen molar-refractivity contribution in [1.29, 1.82) is 0 Å². The van der Waals surface area contributed by atoms with E-state index in [-0.39, 0.29) is 0 Å². The van der Waals surface area contributed by atoms with E-state index in [2.05, 4.69) is 39.4 Å². The molecule has 0 spiro atoms. The molecule has 112 valence electrons. The molecule has 5 nitrogen and oxygen atoms in total. The van der Waals surface area contributed by atoms with E-state index in [4.69, 9.17) is 0 Å². The van der Waals surface area contributed by atoms with Gasteiger partial charge in [-0.25, -0.2) is 9.67 Å². The summed E-state index contributed by atoms with van der Waals surface area (Å²) in [6.45, 7) is 7.99. The lowest BCUT2D eigenvalue weighted by Crippen LogP contribution is -2.08. The first-order valence-electron chi connectivity index (χ1n) is 7.24. The fraction of sp³-hybridized carbons (Fsp3) is 0.235. The standard InChI is InChI=1S/C17H19N5/c1-11-5-7-15(8-6-11)19-16-10-12(2)18-17(20-16)22-14(4)9-13(3)21-22/h5-10H,1-4H3,(H,18,19,20). The molecule has 0 aliphatic carbocycles. The van der Waals surface area contributed by atoms with Gasteiger partial charge in [0.15, 0.2) is 0 Å². The maximum Gasteiger partial charge on any atom is 0.252 e. The quantitative estimate of drug-likeness (QED) is 0.801. The second-order valence-electron chi connectivity index (χ2n) is 5.52. The molecule has 2 heterocycles. The zero-order valence-corrected chi connectivity index (χ0v) is 13.3. The van der Waals surface area contributed by atoms with Crippen molar-refractivity contribution in [1.82, 2.24) is 19.7 Å². The Labute approximate surface area is 130 Å². The Hall–Kier alpha value is -2.69. The number of aryl methyl sites for hydroxylation is 4. The highest BCUT2D eigenvalue weighted by molar-refractivity contribution is 5.57. The lowest BCUT2D eigenvalue weighted by Gasteiger charge is -2.09. The SMILES string of the molecule is Cc1ccc(Nc2cc(C)nc(-n3nc(C)cc3C)n2)cc1. The zero-order valence-electron chi connectivity index (χ0n) is 13.3. The minimum absolute atomic E-state index is 0.584. The molecule has 3 aromatic rings. The fourth-order valence-electron chi connectivity index (χ4n) is 2.33. The van der Waals surface area contributed by atoms with Crippen LogP contribution in [0.1, 0.15) is 22.6 Å². The van der Waals surface area contributed by atoms with Crippen LogP contribution in [0.25, 0.3) is 5.95 Å². The summed E-state index contributed by atoms with van der Waals surface area (Å²) in [5.74, 6) is 1.35. The Balaban J connectivity index is 1.96. The number of rotatable bonds is 3. The number of hydrogen-bond acceptors (Lipinski definition) is 4. The number of benzene rings is 1. The molecule has 0 aliphatic heterocycles. The summed E-state index contributed by atoms with van der Waals surface area (Å²) in [6, 6.07) is 12.1. The predicted octanol–water partition coefficient (Wildman–Crippen LogP) is 3.64. The molecular formula is C17H19N5. The lowest BCUT2D eigenvalue weighted by molar-refractivity contribution is 0.770. The fourth-order valence-corrected chi connectivity index (χ4v) is 2.33. The van der Waals surface area contributed by atoms with E-state index in [1.54, 1.807) is 4.68 Å². The van der Waals surface area contributed by atoms with Crippen molar-refractivity contribution in [2.45, 2.75) is 27.7 Å². The zero-order chi connectivity index (χ0) is 15.7. The molecule has 5 heteroatoms. The van der Waals surface area contributed by atoms with Crippen molar-refractivity contribution in [2.75, 3.05) is 5.32 Å². The molecule has 0 fully saturated rings. The van der Waals surface area contributed by atoms with E-state index in [0.29, 0.717) is 5.95 Å². The van der Waals surface area contributed by atoms with Crippen LogP contribution in [0.2, 0.25) is 0 Å². The molecule has 3 rings (SSSR count). The average molecular weight is 293 g/mol. The summed E-state index contributed by atoms with van der Waals surface area (Å²) in [5, 5.41) is 7.76. The topological polar surface area (TPSA) is 55.6 Å². The van der Waals surface area contributed by atoms with Gasteiger partial charge in [0.05, 0.1) is 5.69 Å². The normalized spacial score (nSPS) is 10.7. The summed E-state index contributed by atoms with van der Waals surface area (Å²) < 4.78 is 1.77. The molecule has 0 atom stereocenters. The molecule has 1 N–H and O–H groups in total. The Morgan fingerprint density at radius 1 is 0.864 bits per heavy atom. The highest BCUT2D eigenvalue weighted by Gasteiger charge is 2.09. The van der Waals surface area contributed by atoms with Crippen molar-refractivity contribution in [2.24, 2.45) is 0 Å². The van der Waals surface area contributed by atoms with Crippen LogP contribution in [0.3, 0.4) is 0 Å². The molecule has 0 unspecified atom stereocenters. The van der Waals surface area contributed by atoms with Gasteiger partial charge < -0.3 is 5.32 Å². The van der Waals surface area contributed by atoms with E-state index >= 15 is 0 Å². The molecule has 22 heavy (non-hydrogen) atoms. The molecule has 0 bridgehead atoms. The van der Waals surface area contributed by atoms with Crippen molar-refractivity contribution in [3.8, 4) is 5.95 Å². The Morgan fingerprint density at radius 2 is 1.59 bits per heavy atom. The Morgan fingerprint density at radius 3 is 2.23 bits per heavy atom. The minimum Gasteiger partial charge on any atom is -0.340 e. The molecule has 0 aliphatic rings. The van der Waals surface area contributed by atoms with Crippen LogP contribution in [0.4, 0.5) is 11.5 Å². The first-order chi connectivity index (χ1) is 10.5. The van der Waals surface area contributed by atoms with Gasteiger partial charge in [0.2, 0.25) is 0 Å². The van der Waals surface area contributed by atoms with Crippen LogP contribution < -0.4 is 5.32 Å². The van der Waals surface area contributed by atoms with E-state index in [1.165, 1.54) is 5.56 Å². The van der Waals surface area contributed by atoms with Gasteiger partial charge in [0, 0.05) is 23.1 Å². The summed E-state index contributed by atoms with van der Waals surface area (Å²) >= 11 is 0. The third-order valence-electron chi connectivity index (χ3n) is 3.37. The molecule has 0 radical (unpaired) electrons. The van der Waals surface area contributed by atoms with Gasteiger partial charge in [-0.3, -0.25) is 0 Å². The van der Waals surface area contributed by atoms with Crippen molar-refractivity contribution in [3.05, 3.63) is 59.0 Å². The highest BCUT2D eigenvalue weighted by atomic mass is 15.4. The second kappa shape index (κ2) is 5.60. The summed E-state index contributed by atoms with van der Waals surface area (Å²) in [7, 11) is 0.